The molecule has 1 aromatic carbocycles. The molecule has 166 valence electrons. The van der Waals surface area contributed by atoms with E-state index in [2.05, 4.69) is 15.6 Å². The molecule has 1 amide bonds. The molecule has 9 heteroatoms. The summed E-state index contributed by atoms with van der Waals surface area (Å²) in [6.07, 6.45) is 7.20. The van der Waals surface area contributed by atoms with Gasteiger partial charge < -0.3 is 20.5 Å². The Balaban J connectivity index is 1.60. The van der Waals surface area contributed by atoms with Crippen molar-refractivity contribution in [2.24, 2.45) is 4.99 Å². The molecule has 0 spiro atoms. The second-order valence-corrected chi connectivity index (χ2v) is 8.00. The van der Waals surface area contributed by atoms with Gasteiger partial charge in [-0.1, -0.05) is 61.4 Å². The predicted octanol–water partition coefficient (Wildman–Crippen LogP) is 4.27. The van der Waals surface area contributed by atoms with Crippen LogP contribution in [-0.2, 0) is 9.53 Å². The van der Waals surface area contributed by atoms with Crippen LogP contribution >= 0.6 is 23.2 Å². The van der Waals surface area contributed by atoms with Gasteiger partial charge in [0.2, 0.25) is 0 Å². The van der Waals surface area contributed by atoms with Crippen LogP contribution in [0.1, 0.15) is 61.7 Å². The molecule has 3 N–H and O–H groups in total. The number of carboxylic acid groups (broad SMARTS) is 1. The lowest BCUT2D eigenvalue weighted by Gasteiger charge is -2.16. The van der Waals surface area contributed by atoms with E-state index in [1.54, 1.807) is 18.2 Å². The van der Waals surface area contributed by atoms with Crippen molar-refractivity contribution < 1.29 is 19.4 Å². The van der Waals surface area contributed by atoms with Gasteiger partial charge in [0.15, 0.2) is 0 Å². The van der Waals surface area contributed by atoms with Crippen LogP contribution in [-0.4, -0.2) is 48.7 Å². The number of aliphatic carboxylic acids is 1. The summed E-state index contributed by atoms with van der Waals surface area (Å²) in [5.74, 6) is -1.64. The minimum Gasteiger partial charge on any atom is -0.480 e. The summed E-state index contributed by atoms with van der Waals surface area (Å²) in [7, 11) is 0. The standard InChI is InChI=1S/C21H29Cl2N3O4/c22-15-9-7-10-16(23)18(15)19(27)26-17(20(28)29)11-5-3-1-2-4-6-12-24-21-25-13-8-14-30-21/h7,9-10,17H,1-6,8,11-14H2,(H,24,25)(H,26,27)(H,28,29)/t17-/m1/s1. The number of ether oxygens (including phenoxy) is 1. The number of rotatable bonds is 12. The van der Waals surface area contributed by atoms with Crippen LogP contribution in [0.5, 0.6) is 0 Å². The number of carbonyl (C=O) groups excluding carboxylic acids is 1. The molecule has 0 radical (unpaired) electrons. The van der Waals surface area contributed by atoms with Gasteiger partial charge in [0.1, 0.15) is 6.04 Å². The second kappa shape index (κ2) is 13.3. The van der Waals surface area contributed by atoms with E-state index in [9.17, 15) is 14.7 Å². The highest BCUT2D eigenvalue weighted by atomic mass is 35.5. The van der Waals surface area contributed by atoms with Gasteiger partial charge in [0.05, 0.1) is 22.2 Å². The first-order valence-corrected chi connectivity index (χ1v) is 11.1. The number of carboxylic acids is 1. The van der Waals surface area contributed by atoms with E-state index in [1.807, 2.05) is 0 Å². The van der Waals surface area contributed by atoms with E-state index >= 15 is 0 Å². The third-order valence-corrected chi connectivity index (χ3v) is 5.42. The highest BCUT2D eigenvalue weighted by Gasteiger charge is 2.22. The lowest BCUT2D eigenvalue weighted by atomic mass is 10.0. The van der Waals surface area contributed by atoms with Gasteiger partial charge in [0, 0.05) is 19.5 Å². The van der Waals surface area contributed by atoms with E-state index < -0.39 is 17.9 Å². The quantitative estimate of drug-likeness (QED) is 0.406. The molecule has 0 saturated heterocycles. The molecule has 7 nitrogen and oxygen atoms in total. The van der Waals surface area contributed by atoms with Crippen molar-refractivity contribution in [3.05, 3.63) is 33.8 Å². The molecule has 0 saturated carbocycles. The molecular weight excluding hydrogens is 429 g/mol. The molecule has 0 aromatic heterocycles. The Morgan fingerprint density at radius 1 is 1.10 bits per heavy atom. The van der Waals surface area contributed by atoms with Crippen molar-refractivity contribution in [3.8, 4) is 0 Å². The summed E-state index contributed by atoms with van der Waals surface area (Å²) in [5, 5.41) is 15.5. The Morgan fingerprint density at radius 2 is 1.77 bits per heavy atom. The van der Waals surface area contributed by atoms with Gasteiger partial charge in [-0.05, 0) is 25.0 Å². The number of amidine groups is 1. The van der Waals surface area contributed by atoms with Gasteiger partial charge in [0.25, 0.3) is 11.9 Å². The van der Waals surface area contributed by atoms with Crippen molar-refractivity contribution in [3.63, 3.8) is 0 Å². The maximum absolute atomic E-state index is 12.4. The fourth-order valence-corrected chi connectivity index (χ4v) is 3.71. The van der Waals surface area contributed by atoms with Crippen LogP contribution in [0.15, 0.2) is 23.2 Å². The number of amides is 1. The number of nitrogens with zero attached hydrogens (tertiary/aromatic N) is 1. The maximum atomic E-state index is 12.4. The molecule has 0 aliphatic carbocycles. The van der Waals surface area contributed by atoms with E-state index in [-0.39, 0.29) is 15.6 Å². The predicted molar refractivity (Wildman–Crippen MR) is 119 cm³/mol. The van der Waals surface area contributed by atoms with Gasteiger partial charge in [-0.25, -0.2) is 9.79 Å². The molecular formula is C21H29Cl2N3O4. The first-order chi connectivity index (χ1) is 14.5. The highest BCUT2D eigenvalue weighted by molar-refractivity contribution is 6.39. The first kappa shape index (κ1) is 24.3. The molecule has 1 aliphatic heterocycles. The molecule has 2 rings (SSSR count). The lowest BCUT2D eigenvalue weighted by Crippen LogP contribution is -2.41. The highest BCUT2D eigenvalue weighted by Crippen LogP contribution is 2.24. The second-order valence-electron chi connectivity index (χ2n) is 7.19. The molecule has 1 atom stereocenters. The molecule has 1 heterocycles. The number of aliphatic imine (C=N–C) groups is 1. The Kier molecular flexibility index (Phi) is 10.8. The van der Waals surface area contributed by atoms with Crippen molar-refractivity contribution in [2.45, 2.75) is 57.4 Å². The average Bonchev–Trinajstić information content (AvgIpc) is 2.72. The lowest BCUT2D eigenvalue weighted by molar-refractivity contribution is -0.139. The molecule has 1 aromatic rings. The number of hydrogen-bond acceptors (Lipinski definition) is 5. The van der Waals surface area contributed by atoms with E-state index in [0.717, 1.165) is 64.6 Å². The summed E-state index contributed by atoms with van der Waals surface area (Å²) < 4.78 is 5.39. The average molecular weight is 458 g/mol. The number of benzene rings is 1. The molecule has 1 aliphatic rings. The van der Waals surface area contributed by atoms with Crippen molar-refractivity contribution >= 4 is 41.1 Å². The zero-order valence-electron chi connectivity index (χ0n) is 17.0. The largest absolute Gasteiger partial charge is 0.480 e. The Labute approximate surface area is 187 Å². The fraction of sp³-hybridized carbons (Fsp3) is 0.571. The van der Waals surface area contributed by atoms with Gasteiger partial charge in [-0.3, -0.25) is 4.79 Å². The van der Waals surface area contributed by atoms with Gasteiger partial charge in [-0.15, -0.1) is 0 Å². The smallest absolute Gasteiger partial charge is 0.326 e. The summed E-state index contributed by atoms with van der Waals surface area (Å²) in [4.78, 5) is 28.1. The van der Waals surface area contributed by atoms with Crippen molar-refractivity contribution in [1.29, 1.82) is 0 Å². The van der Waals surface area contributed by atoms with Crippen LogP contribution in [0.25, 0.3) is 0 Å². The number of halogens is 2. The van der Waals surface area contributed by atoms with Crippen molar-refractivity contribution in [2.75, 3.05) is 19.7 Å². The van der Waals surface area contributed by atoms with E-state index in [0.29, 0.717) is 12.4 Å². The minimum absolute atomic E-state index is 0.102. The van der Waals surface area contributed by atoms with E-state index in [1.165, 1.54) is 0 Å². The number of nitrogens with one attached hydrogen (secondary N) is 2. The summed E-state index contributed by atoms with van der Waals surface area (Å²) in [6.45, 7) is 2.40. The van der Waals surface area contributed by atoms with Gasteiger partial charge in [-0.2, -0.15) is 0 Å². The van der Waals surface area contributed by atoms with Gasteiger partial charge >= 0.3 is 5.97 Å². The summed E-state index contributed by atoms with van der Waals surface area (Å²) in [6, 6.07) is 4.41. The van der Waals surface area contributed by atoms with Crippen LogP contribution in [0.2, 0.25) is 10.0 Å². The third kappa shape index (κ3) is 8.40. The SMILES string of the molecule is O=C(N[C@H](CCCCCCCCNC1=NCCCO1)C(=O)O)c1c(Cl)cccc1Cl. The topological polar surface area (TPSA) is 100 Å². The number of hydrogen-bond donors (Lipinski definition) is 3. The zero-order valence-corrected chi connectivity index (χ0v) is 18.5. The summed E-state index contributed by atoms with van der Waals surface area (Å²) in [5.41, 5.74) is 0.102. The first-order valence-electron chi connectivity index (χ1n) is 10.4. The van der Waals surface area contributed by atoms with Crippen LogP contribution < -0.4 is 10.6 Å². The Morgan fingerprint density at radius 3 is 2.40 bits per heavy atom. The minimum atomic E-state index is -1.06. The Bertz CT molecular complexity index is 723. The monoisotopic (exact) mass is 457 g/mol. The molecule has 30 heavy (non-hydrogen) atoms. The fourth-order valence-electron chi connectivity index (χ4n) is 3.14. The number of unbranched alkanes of at least 4 members (excludes halogenated alkanes) is 5. The zero-order chi connectivity index (χ0) is 21.8. The Hall–Kier alpha value is -1.99. The van der Waals surface area contributed by atoms with E-state index in [4.69, 9.17) is 27.9 Å². The third-order valence-electron chi connectivity index (χ3n) is 4.79. The van der Waals surface area contributed by atoms with Crippen LogP contribution in [0.3, 0.4) is 0 Å². The van der Waals surface area contributed by atoms with Crippen LogP contribution in [0, 0.1) is 0 Å². The maximum Gasteiger partial charge on any atom is 0.326 e. The normalized spacial score (nSPS) is 14.4. The van der Waals surface area contributed by atoms with Crippen molar-refractivity contribution in [1.82, 2.24) is 10.6 Å². The summed E-state index contributed by atoms with van der Waals surface area (Å²) >= 11 is 12.0. The molecule has 0 unspecified atom stereocenters. The molecule has 0 fully saturated rings. The van der Waals surface area contributed by atoms with Crippen LogP contribution in [0.4, 0.5) is 0 Å². The molecule has 0 bridgehead atoms. The number of carbonyl (C=O) groups is 2.